The monoisotopic (exact) mass is 252 g/mol. The van der Waals surface area contributed by atoms with Crippen LogP contribution in [0.15, 0.2) is 0 Å². The smallest absolute Gasteiger partial charge is 0.168 e. The Kier molecular flexibility index (Phi) is 3.95. The van der Waals surface area contributed by atoms with Gasteiger partial charge in [0.05, 0.1) is 12.7 Å². The molecule has 2 atom stereocenters. The molecule has 3 fully saturated rings. The number of ether oxygens (including phenoxy) is 2. The molecule has 1 spiro atoms. The maximum Gasteiger partial charge on any atom is 0.168 e. The van der Waals surface area contributed by atoms with E-state index in [2.05, 4.69) is 6.92 Å². The first-order valence-corrected chi connectivity index (χ1v) is 8.11. The molecule has 0 aromatic heterocycles. The SMILES string of the molecule is CC1COC2(CCCCC2)OC1C1CCCCC1. The molecule has 2 saturated carbocycles. The minimum absolute atomic E-state index is 0.188. The lowest BCUT2D eigenvalue weighted by Crippen LogP contribution is -2.52. The van der Waals surface area contributed by atoms with Crippen molar-refractivity contribution in [1.82, 2.24) is 0 Å². The zero-order chi connectivity index (χ0) is 12.4. The fourth-order valence-corrected chi connectivity index (χ4v) is 4.15. The van der Waals surface area contributed by atoms with E-state index in [-0.39, 0.29) is 5.79 Å². The highest BCUT2D eigenvalue weighted by molar-refractivity contribution is 4.87. The Balaban J connectivity index is 1.67. The normalized spacial score (nSPS) is 37.8. The van der Waals surface area contributed by atoms with Crippen molar-refractivity contribution < 1.29 is 9.47 Å². The van der Waals surface area contributed by atoms with Crippen LogP contribution in [0.4, 0.5) is 0 Å². The van der Waals surface area contributed by atoms with Gasteiger partial charge in [0.1, 0.15) is 0 Å². The van der Waals surface area contributed by atoms with Gasteiger partial charge < -0.3 is 9.47 Å². The van der Waals surface area contributed by atoms with Crippen molar-refractivity contribution in [2.75, 3.05) is 6.61 Å². The van der Waals surface area contributed by atoms with E-state index in [0.29, 0.717) is 12.0 Å². The summed E-state index contributed by atoms with van der Waals surface area (Å²) in [4.78, 5) is 0. The standard InChI is InChI=1S/C16H28O2/c1-13-12-17-16(10-6-3-7-11-16)18-15(13)14-8-4-2-5-9-14/h13-15H,2-12H2,1H3. The molecule has 1 saturated heterocycles. The fourth-order valence-electron chi connectivity index (χ4n) is 4.15. The molecule has 18 heavy (non-hydrogen) atoms. The first-order valence-electron chi connectivity index (χ1n) is 8.11. The molecule has 2 heteroatoms. The van der Waals surface area contributed by atoms with Crippen molar-refractivity contribution >= 4 is 0 Å². The summed E-state index contributed by atoms with van der Waals surface area (Å²) in [7, 11) is 0. The molecule has 3 aliphatic rings. The van der Waals surface area contributed by atoms with E-state index >= 15 is 0 Å². The topological polar surface area (TPSA) is 18.5 Å². The van der Waals surface area contributed by atoms with Gasteiger partial charge in [0.15, 0.2) is 5.79 Å². The molecule has 2 unspecified atom stereocenters. The molecule has 0 bridgehead atoms. The summed E-state index contributed by atoms with van der Waals surface area (Å²) in [6, 6.07) is 0. The van der Waals surface area contributed by atoms with Crippen LogP contribution < -0.4 is 0 Å². The maximum atomic E-state index is 6.54. The third-order valence-corrected chi connectivity index (χ3v) is 5.25. The average Bonchev–Trinajstić information content (AvgIpc) is 2.44. The van der Waals surface area contributed by atoms with Gasteiger partial charge in [0, 0.05) is 18.8 Å². The number of rotatable bonds is 1. The summed E-state index contributed by atoms with van der Waals surface area (Å²) < 4.78 is 12.7. The van der Waals surface area contributed by atoms with Crippen molar-refractivity contribution in [2.45, 2.75) is 83.0 Å². The van der Waals surface area contributed by atoms with Gasteiger partial charge in [0.2, 0.25) is 0 Å². The molecule has 0 aromatic rings. The van der Waals surface area contributed by atoms with Gasteiger partial charge in [-0.15, -0.1) is 0 Å². The third-order valence-electron chi connectivity index (χ3n) is 5.25. The highest BCUT2D eigenvalue weighted by atomic mass is 16.7. The van der Waals surface area contributed by atoms with Gasteiger partial charge in [-0.2, -0.15) is 0 Å². The van der Waals surface area contributed by atoms with Gasteiger partial charge in [-0.1, -0.05) is 32.6 Å². The van der Waals surface area contributed by atoms with Gasteiger partial charge in [-0.25, -0.2) is 0 Å². The molecule has 104 valence electrons. The molecule has 1 heterocycles. The molecular weight excluding hydrogens is 224 g/mol. The molecule has 0 radical (unpaired) electrons. The predicted molar refractivity (Wildman–Crippen MR) is 72.4 cm³/mol. The molecule has 0 amide bonds. The summed E-state index contributed by atoms with van der Waals surface area (Å²) in [6.45, 7) is 3.23. The largest absolute Gasteiger partial charge is 0.350 e. The third kappa shape index (κ3) is 2.60. The fraction of sp³-hybridized carbons (Fsp3) is 1.00. The molecule has 0 N–H and O–H groups in total. The van der Waals surface area contributed by atoms with E-state index in [0.717, 1.165) is 25.4 Å². The Labute approximate surface area is 111 Å². The number of hydrogen-bond acceptors (Lipinski definition) is 2. The summed E-state index contributed by atoms with van der Waals surface area (Å²) in [5.41, 5.74) is 0. The van der Waals surface area contributed by atoms with Crippen molar-refractivity contribution in [3.63, 3.8) is 0 Å². The average molecular weight is 252 g/mol. The van der Waals surface area contributed by atoms with Gasteiger partial charge >= 0.3 is 0 Å². The lowest BCUT2D eigenvalue weighted by molar-refractivity contribution is -0.330. The van der Waals surface area contributed by atoms with E-state index in [1.807, 2.05) is 0 Å². The van der Waals surface area contributed by atoms with E-state index in [1.165, 1.54) is 51.4 Å². The van der Waals surface area contributed by atoms with Crippen LogP contribution in [0.5, 0.6) is 0 Å². The van der Waals surface area contributed by atoms with Crippen LogP contribution in [0.2, 0.25) is 0 Å². The Morgan fingerprint density at radius 3 is 2.28 bits per heavy atom. The van der Waals surface area contributed by atoms with Crippen LogP contribution in [0.1, 0.15) is 71.1 Å². The van der Waals surface area contributed by atoms with Gasteiger partial charge in [0.25, 0.3) is 0 Å². The first-order chi connectivity index (χ1) is 8.79. The Hall–Kier alpha value is -0.0800. The lowest BCUT2D eigenvalue weighted by Gasteiger charge is -2.48. The molecular formula is C16H28O2. The van der Waals surface area contributed by atoms with E-state index in [1.54, 1.807) is 0 Å². The van der Waals surface area contributed by atoms with Gasteiger partial charge in [-0.05, 0) is 31.6 Å². The second-order valence-electron chi connectivity index (χ2n) is 6.74. The Bertz CT molecular complexity index is 264. The zero-order valence-corrected chi connectivity index (χ0v) is 11.8. The summed E-state index contributed by atoms with van der Waals surface area (Å²) in [6.07, 6.45) is 13.7. The van der Waals surface area contributed by atoms with E-state index in [9.17, 15) is 0 Å². The van der Waals surface area contributed by atoms with E-state index < -0.39 is 0 Å². The molecule has 0 aromatic carbocycles. The number of hydrogen-bond donors (Lipinski definition) is 0. The van der Waals surface area contributed by atoms with Crippen molar-refractivity contribution in [2.24, 2.45) is 11.8 Å². The minimum atomic E-state index is -0.188. The summed E-state index contributed by atoms with van der Waals surface area (Å²) >= 11 is 0. The predicted octanol–water partition coefficient (Wildman–Crippen LogP) is 4.28. The van der Waals surface area contributed by atoms with E-state index in [4.69, 9.17) is 9.47 Å². The molecule has 3 rings (SSSR count). The maximum absolute atomic E-state index is 6.54. The molecule has 2 nitrogen and oxygen atoms in total. The second kappa shape index (κ2) is 5.50. The minimum Gasteiger partial charge on any atom is -0.350 e. The second-order valence-corrected chi connectivity index (χ2v) is 6.74. The Morgan fingerprint density at radius 2 is 1.56 bits per heavy atom. The van der Waals surface area contributed by atoms with Crippen LogP contribution in [0.25, 0.3) is 0 Å². The molecule has 1 aliphatic heterocycles. The van der Waals surface area contributed by atoms with Crippen molar-refractivity contribution in [3.8, 4) is 0 Å². The van der Waals surface area contributed by atoms with Crippen LogP contribution in [0.3, 0.4) is 0 Å². The Morgan fingerprint density at radius 1 is 0.889 bits per heavy atom. The van der Waals surface area contributed by atoms with Crippen LogP contribution in [-0.2, 0) is 9.47 Å². The zero-order valence-electron chi connectivity index (χ0n) is 11.8. The van der Waals surface area contributed by atoms with Crippen molar-refractivity contribution in [1.29, 1.82) is 0 Å². The summed E-state index contributed by atoms with van der Waals surface area (Å²) in [5.74, 6) is 1.20. The highest BCUT2D eigenvalue weighted by Gasteiger charge is 2.44. The van der Waals surface area contributed by atoms with Crippen LogP contribution in [0, 0.1) is 11.8 Å². The van der Waals surface area contributed by atoms with Crippen LogP contribution >= 0.6 is 0 Å². The molecule has 2 aliphatic carbocycles. The van der Waals surface area contributed by atoms with Crippen LogP contribution in [-0.4, -0.2) is 18.5 Å². The van der Waals surface area contributed by atoms with Crippen molar-refractivity contribution in [3.05, 3.63) is 0 Å². The quantitative estimate of drug-likeness (QED) is 0.693. The lowest BCUT2D eigenvalue weighted by atomic mass is 9.79. The summed E-state index contributed by atoms with van der Waals surface area (Å²) in [5, 5.41) is 0. The highest BCUT2D eigenvalue weighted by Crippen LogP contribution is 2.42. The van der Waals surface area contributed by atoms with Gasteiger partial charge in [-0.3, -0.25) is 0 Å². The first kappa shape index (κ1) is 12.9.